The summed E-state index contributed by atoms with van der Waals surface area (Å²) in [6.45, 7) is 7.72. The summed E-state index contributed by atoms with van der Waals surface area (Å²) < 4.78 is 5.83. The molecule has 150 valence electrons. The quantitative estimate of drug-likeness (QED) is 0.401. The highest BCUT2D eigenvalue weighted by molar-refractivity contribution is 6.02. The number of ether oxygens (including phenoxy) is 1. The zero-order valence-corrected chi connectivity index (χ0v) is 17.5. The predicted octanol–water partition coefficient (Wildman–Crippen LogP) is 5.68. The third-order valence-electron chi connectivity index (χ3n) is 5.66. The molecule has 0 radical (unpaired) electrons. The number of aromatic amines is 1. The second-order valence-electron chi connectivity index (χ2n) is 7.62. The molecule has 2 aromatic heterocycles. The molecule has 0 bridgehead atoms. The molecule has 0 saturated heterocycles. The number of nitrogens with two attached hydrogens (primary N) is 1. The molecule has 0 aliphatic rings. The van der Waals surface area contributed by atoms with Crippen LogP contribution in [0, 0.1) is 13.8 Å². The number of pyridine rings is 1. The Kier molecular flexibility index (Phi) is 5.54. The number of H-pyrrole nitrogens is 1. The van der Waals surface area contributed by atoms with Crippen LogP contribution in [0.2, 0.25) is 0 Å². The number of nitrogens with zero attached hydrogens (tertiary/aromatic N) is 1. The molecule has 0 unspecified atom stereocenters. The van der Waals surface area contributed by atoms with Crippen molar-refractivity contribution >= 4 is 21.8 Å². The van der Waals surface area contributed by atoms with E-state index < -0.39 is 0 Å². The van der Waals surface area contributed by atoms with Crippen molar-refractivity contribution in [1.82, 2.24) is 9.97 Å². The molecule has 4 heteroatoms. The fraction of sp³-hybridized carbons (Fsp3) is 0.320. The summed E-state index contributed by atoms with van der Waals surface area (Å²) in [4.78, 5) is 8.38. The Morgan fingerprint density at radius 2 is 1.86 bits per heavy atom. The van der Waals surface area contributed by atoms with Crippen molar-refractivity contribution in [1.29, 1.82) is 0 Å². The fourth-order valence-electron chi connectivity index (χ4n) is 4.25. The van der Waals surface area contributed by atoms with Crippen molar-refractivity contribution in [2.24, 2.45) is 5.73 Å². The highest BCUT2D eigenvalue weighted by Gasteiger charge is 2.19. The fourth-order valence-corrected chi connectivity index (χ4v) is 4.25. The van der Waals surface area contributed by atoms with Crippen LogP contribution in [0.1, 0.15) is 36.5 Å². The van der Waals surface area contributed by atoms with Crippen LogP contribution in [0.25, 0.3) is 33.1 Å². The van der Waals surface area contributed by atoms with Crippen molar-refractivity contribution in [3.8, 4) is 17.0 Å². The molecule has 29 heavy (non-hydrogen) atoms. The zero-order chi connectivity index (χ0) is 20.4. The van der Waals surface area contributed by atoms with E-state index in [9.17, 15) is 0 Å². The van der Waals surface area contributed by atoms with Crippen LogP contribution in [0.3, 0.4) is 0 Å². The van der Waals surface area contributed by atoms with Crippen LogP contribution in [-0.4, -0.2) is 23.1 Å². The first kappa shape index (κ1) is 19.5. The average molecular weight is 388 g/mol. The largest absolute Gasteiger partial charge is 0.492 e. The van der Waals surface area contributed by atoms with E-state index in [2.05, 4.69) is 48.1 Å². The molecule has 0 atom stereocenters. The van der Waals surface area contributed by atoms with Crippen molar-refractivity contribution in [2.45, 2.75) is 40.0 Å². The third-order valence-corrected chi connectivity index (χ3v) is 5.66. The van der Waals surface area contributed by atoms with Gasteiger partial charge >= 0.3 is 0 Å². The smallest absolute Gasteiger partial charge is 0.145 e. The molecule has 3 N–H and O–H groups in total. The number of nitrogens with one attached hydrogen (secondary N) is 1. The molecule has 4 rings (SSSR count). The van der Waals surface area contributed by atoms with Crippen molar-refractivity contribution in [3.05, 3.63) is 59.3 Å². The number of rotatable bonds is 7. The summed E-state index contributed by atoms with van der Waals surface area (Å²) in [5.74, 6) is 0.833. The van der Waals surface area contributed by atoms with E-state index in [1.165, 1.54) is 38.9 Å². The second-order valence-corrected chi connectivity index (χ2v) is 7.62. The predicted molar refractivity (Wildman–Crippen MR) is 122 cm³/mol. The lowest BCUT2D eigenvalue weighted by atomic mass is 9.95. The van der Waals surface area contributed by atoms with Gasteiger partial charge in [-0.1, -0.05) is 18.2 Å². The zero-order valence-electron chi connectivity index (χ0n) is 17.5. The van der Waals surface area contributed by atoms with Crippen molar-refractivity contribution in [2.75, 3.05) is 13.2 Å². The van der Waals surface area contributed by atoms with E-state index in [4.69, 9.17) is 10.5 Å². The molecular formula is C25H29N3O. The van der Waals surface area contributed by atoms with Gasteiger partial charge in [0.2, 0.25) is 0 Å². The number of aryl methyl sites for hydroxylation is 3. The molecule has 0 amide bonds. The van der Waals surface area contributed by atoms with Crippen LogP contribution >= 0.6 is 0 Å². The summed E-state index contributed by atoms with van der Waals surface area (Å²) in [7, 11) is 0. The number of hydrogen-bond donors (Lipinski definition) is 2. The lowest BCUT2D eigenvalue weighted by Crippen LogP contribution is -2.00. The molecule has 4 aromatic rings. The van der Waals surface area contributed by atoms with Gasteiger partial charge in [0.05, 0.1) is 12.3 Å². The Morgan fingerprint density at radius 1 is 1.03 bits per heavy atom. The molecule has 2 heterocycles. The normalized spacial score (nSPS) is 11.4. The maximum absolute atomic E-state index is 5.83. The van der Waals surface area contributed by atoms with Gasteiger partial charge in [0, 0.05) is 28.0 Å². The lowest BCUT2D eigenvalue weighted by molar-refractivity contribution is 0.343. The number of aromatic nitrogens is 2. The van der Waals surface area contributed by atoms with E-state index in [-0.39, 0.29) is 0 Å². The van der Waals surface area contributed by atoms with E-state index in [1.54, 1.807) is 0 Å². The van der Waals surface area contributed by atoms with Crippen LogP contribution in [-0.2, 0) is 6.42 Å². The van der Waals surface area contributed by atoms with Crippen LogP contribution in [0.4, 0.5) is 0 Å². The summed E-state index contributed by atoms with van der Waals surface area (Å²) >= 11 is 0. The Labute approximate surface area is 172 Å². The van der Waals surface area contributed by atoms with E-state index in [0.29, 0.717) is 6.61 Å². The van der Waals surface area contributed by atoms with Gasteiger partial charge in [-0.2, -0.15) is 0 Å². The second kappa shape index (κ2) is 8.26. The summed E-state index contributed by atoms with van der Waals surface area (Å²) in [6.07, 6.45) is 4.95. The highest BCUT2D eigenvalue weighted by Crippen LogP contribution is 2.39. The maximum Gasteiger partial charge on any atom is 0.145 e. The van der Waals surface area contributed by atoms with Crippen LogP contribution < -0.4 is 10.5 Å². The Hall–Kier alpha value is -2.85. The Bertz CT molecular complexity index is 1160. The Morgan fingerprint density at radius 3 is 2.66 bits per heavy atom. The first-order valence-corrected chi connectivity index (χ1v) is 10.5. The number of benzene rings is 2. The van der Waals surface area contributed by atoms with E-state index in [1.807, 2.05) is 25.3 Å². The average Bonchev–Trinajstić information content (AvgIpc) is 3.12. The molecule has 0 aliphatic heterocycles. The van der Waals surface area contributed by atoms with Gasteiger partial charge in [0.25, 0.3) is 0 Å². The highest BCUT2D eigenvalue weighted by atomic mass is 16.5. The van der Waals surface area contributed by atoms with Crippen molar-refractivity contribution in [3.63, 3.8) is 0 Å². The van der Waals surface area contributed by atoms with Gasteiger partial charge in [0.15, 0.2) is 0 Å². The molecule has 2 aromatic carbocycles. The minimum atomic E-state index is 0.625. The summed E-state index contributed by atoms with van der Waals surface area (Å²) in [5.41, 5.74) is 14.2. The third kappa shape index (κ3) is 3.49. The van der Waals surface area contributed by atoms with Gasteiger partial charge in [0.1, 0.15) is 11.3 Å². The number of hydrogen-bond acceptors (Lipinski definition) is 3. The molecule has 0 fully saturated rings. The lowest BCUT2D eigenvalue weighted by Gasteiger charge is -2.12. The minimum Gasteiger partial charge on any atom is -0.492 e. The van der Waals surface area contributed by atoms with Crippen LogP contribution in [0.5, 0.6) is 5.75 Å². The first-order chi connectivity index (χ1) is 14.2. The topological polar surface area (TPSA) is 63.9 Å². The molecular weight excluding hydrogens is 358 g/mol. The molecule has 4 nitrogen and oxygen atoms in total. The molecule has 0 saturated carbocycles. The van der Waals surface area contributed by atoms with E-state index >= 15 is 0 Å². The first-order valence-electron chi connectivity index (χ1n) is 10.5. The summed E-state index contributed by atoms with van der Waals surface area (Å²) in [6, 6.07) is 12.8. The SMILES string of the molecule is CCOc1ccc(-c2[nH]c3c(C)ccc(C)c3c2CCCCN)c2cccnc12. The van der Waals surface area contributed by atoms with Gasteiger partial charge < -0.3 is 15.5 Å². The number of fused-ring (bicyclic) bond motifs is 2. The minimum absolute atomic E-state index is 0.625. The molecule has 0 aliphatic carbocycles. The van der Waals surface area contributed by atoms with Gasteiger partial charge in [-0.25, -0.2) is 0 Å². The van der Waals surface area contributed by atoms with E-state index in [0.717, 1.165) is 42.5 Å². The standard InChI is InChI=1S/C25H29N3O/c1-4-29-21-13-12-19(18-9-7-15-27-25(18)21)24-20(8-5-6-14-26)22-16(2)10-11-17(3)23(22)28-24/h7,9-13,15,28H,4-6,8,14,26H2,1-3H3. The van der Waals surface area contributed by atoms with Gasteiger partial charge in [-0.3, -0.25) is 4.98 Å². The van der Waals surface area contributed by atoms with Crippen molar-refractivity contribution < 1.29 is 4.74 Å². The number of unbranched alkanes of at least 4 members (excludes halogenated alkanes) is 1. The Balaban J connectivity index is 1.99. The monoisotopic (exact) mass is 387 g/mol. The van der Waals surface area contributed by atoms with Gasteiger partial charge in [-0.15, -0.1) is 0 Å². The van der Waals surface area contributed by atoms with Crippen LogP contribution in [0.15, 0.2) is 42.6 Å². The van der Waals surface area contributed by atoms with Gasteiger partial charge in [-0.05, 0) is 81.5 Å². The summed E-state index contributed by atoms with van der Waals surface area (Å²) in [5, 5.41) is 2.46. The maximum atomic E-state index is 5.83. The molecule has 0 spiro atoms.